The van der Waals surface area contributed by atoms with Crippen molar-refractivity contribution in [3.05, 3.63) is 54.6 Å². The predicted octanol–water partition coefficient (Wildman–Crippen LogP) is 6.07. The van der Waals surface area contributed by atoms with Crippen molar-refractivity contribution in [1.29, 1.82) is 0 Å². The van der Waals surface area contributed by atoms with Crippen molar-refractivity contribution in [3.8, 4) is 16.9 Å². The van der Waals surface area contributed by atoms with Gasteiger partial charge in [0.25, 0.3) is 0 Å². The van der Waals surface area contributed by atoms with E-state index in [0.717, 1.165) is 48.1 Å². The van der Waals surface area contributed by atoms with Crippen molar-refractivity contribution in [2.24, 2.45) is 29.1 Å². The fourth-order valence-electron chi connectivity index (χ4n) is 9.03. The molecule has 5 saturated carbocycles. The number of benzene rings is 2. The number of aliphatic carboxylic acids is 1. The summed E-state index contributed by atoms with van der Waals surface area (Å²) in [5.41, 5.74) is 0.904. The zero-order valence-corrected chi connectivity index (χ0v) is 21.6. The lowest BCUT2D eigenvalue weighted by atomic mass is 9.48. The summed E-state index contributed by atoms with van der Waals surface area (Å²) in [4.78, 5) is 12.1. The normalized spacial score (nSPS) is 37.0. The summed E-state index contributed by atoms with van der Waals surface area (Å²) in [6.45, 7) is 0. The maximum atomic E-state index is 12.1. The van der Waals surface area contributed by atoms with Crippen LogP contribution in [0.4, 0.5) is 0 Å². The molecule has 0 aliphatic heterocycles. The summed E-state index contributed by atoms with van der Waals surface area (Å²) in [6, 6.07) is 17.7. The van der Waals surface area contributed by atoms with Gasteiger partial charge in [-0.1, -0.05) is 42.5 Å². The smallest absolute Gasteiger partial charge is 0.307 e. The van der Waals surface area contributed by atoms with Gasteiger partial charge in [0.2, 0.25) is 0 Å². The summed E-state index contributed by atoms with van der Waals surface area (Å²) in [7, 11) is 0. The lowest BCUT2D eigenvalue weighted by molar-refractivity contribution is -0.149. The molecule has 3 N–H and O–H groups in total. The van der Waals surface area contributed by atoms with Crippen molar-refractivity contribution in [2.45, 2.75) is 88.4 Å². The third-order valence-corrected chi connectivity index (χ3v) is 10.3. The number of hydrogen-bond acceptors (Lipinski definition) is 4. The van der Waals surface area contributed by atoms with Crippen LogP contribution in [0.5, 0.6) is 5.75 Å². The second kappa shape index (κ2) is 9.74. The summed E-state index contributed by atoms with van der Waals surface area (Å²) in [5.74, 6) is 1.83. The van der Waals surface area contributed by atoms with Crippen LogP contribution in [0.25, 0.3) is 11.1 Å². The standard InChI is InChI=1S/C32H40O5/c33-28(31-17-21-13-22(18-31)15-23(14-21)19-31)11-9-26-10-12-29(34)32(26,20-30(35)36)37-27-8-4-7-25(16-27)24-5-2-1-3-6-24/h1-8,16,21-23,26,28-29,33-34H,9-15,17-20H2,(H,35,36). The van der Waals surface area contributed by atoms with Crippen LogP contribution in [0.3, 0.4) is 0 Å². The molecule has 37 heavy (non-hydrogen) atoms. The van der Waals surface area contributed by atoms with E-state index < -0.39 is 17.7 Å². The van der Waals surface area contributed by atoms with Gasteiger partial charge in [-0.15, -0.1) is 0 Å². The SMILES string of the molecule is O=C(O)CC1(Oc2cccc(-c3ccccc3)c2)C(O)CCC1CCC(O)C12CC3CC(CC(C3)C1)C2. The third-order valence-electron chi connectivity index (χ3n) is 10.3. The van der Waals surface area contributed by atoms with Crippen LogP contribution in [-0.4, -0.2) is 39.1 Å². The molecule has 4 bridgehead atoms. The molecule has 2 aromatic rings. The van der Waals surface area contributed by atoms with Crippen LogP contribution in [0.2, 0.25) is 0 Å². The van der Waals surface area contributed by atoms with Crippen LogP contribution in [0.1, 0.15) is 70.6 Å². The summed E-state index contributed by atoms with van der Waals surface area (Å²) in [5, 5.41) is 32.6. The summed E-state index contributed by atoms with van der Waals surface area (Å²) >= 11 is 0. The highest BCUT2D eigenvalue weighted by Gasteiger charge is 2.56. The maximum Gasteiger partial charge on any atom is 0.307 e. The van der Waals surface area contributed by atoms with Gasteiger partial charge in [-0.2, -0.15) is 0 Å². The van der Waals surface area contributed by atoms with Gasteiger partial charge in [0.15, 0.2) is 0 Å². The number of ether oxygens (including phenoxy) is 1. The van der Waals surface area contributed by atoms with E-state index in [4.69, 9.17) is 4.74 Å². The number of carboxylic acid groups (broad SMARTS) is 1. The Morgan fingerprint density at radius 2 is 1.57 bits per heavy atom. The van der Waals surface area contributed by atoms with E-state index >= 15 is 0 Å². The van der Waals surface area contributed by atoms with Crippen molar-refractivity contribution < 1.29 is 24.9 Å². The van der Waals surface area contributed by atoms with E-state index in [2.05, 4.69) is 0 Å². The number of hydrogen-bond donors (Lipinski definition) is 3. The Labute approximate surface area is 219 Å². The molecule has 2 aromatic carbocycles. The zero-order chi connectivity index (χ0) is 25.6. The molecule has 0 heterocycles. The minimum absolute atomic E-state index is 0.0479. The quantitative estimate of drug-likeness (QED) is 0.386. The molecule has 198 valence electrons. The van der Waals surface area contributed by atoms with Crippen LogP contribution in [0.15, 0.2) is 54.6 Å². The monoisotopic (exact) mass is 504 g/mol. The molecule has 5 aliphatic rings. The minimum Gasteiger partial charge on any atom is -0.484 e. The van der Waals surface area contributed by atoms with Gasteiger partial charge >= 0.3 is 5.97 Å². The van der Waals surface area contributed by atoms with Gasteiger partial charge < -0.3 is 20.1 Å². The molecule has 0 amide bonds. The van der Waals surface area contributed by atoms with Gasteiger partial charge in [0.1, 0.15) is 11.4 Å². The molecule has 4 unspecified atom stereocenters. The first-order valence-electron chi connectivity index (χ1n) is 14.3. The predicted molar refractivity (Wildman–Crippen MR) is 142 cm³/mol. The first-order chi connectivity index (χ1) is 17.8. The molecular formula is C32H40O5. The average Bonchev–Trinajstić information content (AvgIpc) is 3.16. The highest BCUT2D eigenvalue weighted by molar-refractivity contribution is 5.69. The second-order valence-electron chi connectivity index (χ2n) is 12.7. The number of aliphatic hydroxyl groups excluding tert-OH is 2. The van der Waals surface area contributed by atoms with Gasteiger partial charge in [0.05, 0.1) is 18.6 Å². The number of carbonyl (C=O) groups is 1. The Balaban J connectivity index is 1.21. The molecule has 5 aliphatic carbocycles. The minimum atomic E-state index is -1.19. The van der Waals surface area contributed by atoms with Crippen molar-refractivity contribution in [1.82, 2.24) is 0 Å². The Morgan fingerprint density at radius 1 is 0.919 bits per heavy atom. The first-order valence-corrected chi connectivity index (χ1v) is 14.3. The van der Waals surface area contributed by atoms with Gasteiger partial charge in [-0.3, -0.25) is 4.79 Å². The molecule has 5 nitrogen and oxygen atoms in total. The molecule has 7 rings (SSSR count). The number of carboxylic acids is 1. The summed E-state index contributed by atoms with van der Waals surface area (Å²) in [6.07, 6.45) is 8.57. The van der Waals surface area contributed by atoms with Crippen LogP contribution in [0, 0.1) is 29.1 Å². The highest BCUT2D eigenvalue weighted by atomic mass is 16.5. The first kappa shape index (κ1) is 24.9. The van der Waals surface area contributed by atoms with Crippen molar-refractivity contribution in [2.75, 3.05) is 0 Å². The van der Waals surface area contributed by atoms with Gasteiger partial charge in [-0.05, 0) is 111 Å². The topological polar surface area (TPSA) is 87.0 Å². The lowest BCUT2D eigenvalue weighted by Gasteiger charge is -2.58. The van der Waals surface area contributed by atoms with E-state index in [-0.39, 0.29) is 23.9 Å². The molecule has 0 radical (unpaired) electrons. The molecule has 0 spiro atoms. The number of rotatable bonds is 9. The molecule has 5 heteroatoms. The summed E-state index contributed by atoms with van der Waals surface area (Å²) < 4.78 is 6.53. The molecule has 5 fully saturated rings. The maximum absolute atomic E-state index is 12.1. The molecule has 0 saturated heterocycles. The largest absolute Gasteiger partial charge is 0.484 e. The Kier molecular flexibility index (Phi) is 6.57. The van der Waals surface area contributed by atoms with E-state index in [1.165, 1.54) is 19.3 Å². The van der Waals surface area contributed by atoms with Crippen LogP contribution < -0.4 is 4.74 Å². The van der Waals surface area contributed by atoms with E-state index in [1.807, 2.05) is 54.6 Å². The fourth-order valence-corrected chi connectivity index (χ4v) is 9.03. The lowest BCUT2D eigenvalue weighted by Crippen LogP contribution is -2.53. The number of aliphatic hydroxyl groups is 2. The van der Waals surface area contributed by atoms with E-state index in [0.29, 0.717) is 31.4 Å². The molecular weight excluding hydrogens is 464 g/mol. The third kappa shape index (κ3) is 4.70. The van der Waals surface area contributed by atoms with Crippen molar-refractivity contribution in [3.63, 3.8) is 0 Å². The second-order valence-corrected chi connectivity index (χ2v) is 12.7. The fraction of sp³-hybridized carbons (Fsp3) is 0.594. The zero-order valence-electron chi connectivity index (χ0n) is 21.6. The van der Waals surface area contributed by atoms with E-state index in [9.17, 15) is 20.1 Å². The Bertz CT molecular complexity index is 1080. The Hall–Kier alpha value is -2.37. The molecule has 4 atom stereocenters. The van der Waals surface area contributed by atoms with Crippen LogP contribution >= 0.6 is 0 Å². The van der Waals surface area contributed by atoms with Crippen molar-refractivity contribution >= 4 is 5.97 Å². The van der Waals surface area contributed by atoms with Gasteiger partial charge in [-0.25, -0.2) is 0 Å². The average molecular weight is 505 g/mol. The Morgan fingerprint density at radius 3 is 2.22 bits per heavy atom. The molecule has 0 aromatic heterocycles. The highest BCUT2D eigenvalue weighted by Crippen LogP contribution is 2.62. The van der Waals surface area contributed by atoms with Crippen LogP contribution in [-0.2, 0) is 4.79 Å². The van der Waals surface area contributed by atoms with Gasteiger partial charge in [0, 0.05) is 5.92 Å². The van der Waals surface area contributed by atoms with E-state index in [1.54, 1.807) is 0 Å².